The zero-order chi connectivity index (χ0) is 27.3. The van der Waals surface area contributed by atoms with Crippen LogP contribution in [0.4, 0.5) is 5.69 Å². The van der Waals surface area contributed by atoms with Crippen molar-refractivity contribution in [2.75, 3.05) is 26.0 Å². The number of methoxy groups -OCH3 is 1. The van der Waals surface area contributed by atoms with Gasteiger partial charge in [-0.1, -0.05) is 60.7 Å². The number of carbonyl (C=O) groups is 1. The van der Waals surface area contributed by atoms with Crippen LogP contribution in [0.2, 0.25) is 0 Å². The minimum Gasteiger partial charge on any atom is -0.493 e. The number of nitro groups is 1. The molecule has 1 amide bonds. The van der Waals surface area contributed by atoms with Gasteiger partial charge in [0.2, 0.25) is 0 Å². The smallest absolute Gasteiger partial charge is 0.256 e. The van der Waals surface area contributed by atoms with E-state index in [-0.39, 0.29) is 10.8 Å². The number of likely N-dealkylation sites (tertiary alicyclic amines) is 1. The van der Waals surface area contributed by atoms with Crippen molar-refractivity contribution in [2.24, 2.45) is 0 Å². The van der Waals surface area contributed by atoms with Crippen LogP contribution in [0.1, 0.15) is 22.6 Å². The third kappa shape index (κ3) is 3.87. The van der Waals surface area contributed by atoms with E-state index in [1.807, 2.05) is 36.4 Å². The predicted molar refractivity (Wildman–Crippen MR) is 152 cm³/mol. The molecule has 0 bridgehead atoms. The minimum absolute atomic E-state index is 0.318. The number of nitrogens with zero attached hydrogens (tertiary/aromatic N) is 2. The monoisotopic (exact) mass is 587 g/mol. The van der Waals surface area contributed by atoms with E-state index >= 15 is 0 Å². The van der Waals surface area contributed by atoms with Crippen molar-refractivity contribution in [3.05, 3.63) is 110 Å². The highest BCUT2D eigenvalue weighted by Crippen LogP contribution is 2.53. The molecule has 0 aliphatic carbocycles. The average Bonchev–Trinajstić information content (AvgIpc) is 3.41. The van der Waals surface area contributed by atoms with Crippen molar-refractivity contribution in [1.82, 2.24) is 4.90 Å². The van der Waals surface area contributed by atoms with Gasteiger partial charge >= 0.3 is 0 Å². The Balaban J connectivity index is 1.37. The number of fused-ring (bicyclic) bond motifs is 3. The van der Waals surface area contributed by atoms with Gasteiger partial charge in [0.05, 0.1) is 17.5 Å². The highest BCUT2D eigenvalue weighted by Gasteiger charge is 2.68. The second-order valence-corrected chi connectivity index (χ2v) is 10.8. The molecular weight excluding hydrogens is 562 g/mol. The fourth-order valence-electron chi connectivity index (χ4n) is 6.24. The summed E-state index contributed by atoms with van der Waals surface area (Å²) in [4.78, 5) is 27.5. The van der Waals surface area contributed by atoms with Crippen molar-refractivity contribution in [2.45, 2.75) is 24.1 Å². The van der Waals surface area contributed by atoms with Crippen molar-refractivity contribution in [3.8, 4) is 11.5 Å². The van der Waals surface area contributed by atoms with E-state index in [1.54, 1.807) is 43.3 Å². The van der Waals surface area contributed by atoms with Crippen LogP contribution in [0.15, 0.2) is 83.3 Å². The standard InChI is InChI=1S/C30H26BrN3O5/c1-33-16-22(28(34(36)37)30(33)23-12-5-6-13-25(23)32-29(30)35)20-14-24(31)27(26(15-20)38-2)39-17-19-10-7-9-18-8-3-4-11-21(18)19/h3-15,22,28H,16-17H2,1-2H3,(H,32,35)/t22-,28+,30+/m0/s1. The molecule has 0 saturated carbocycles. The van der Waals surface area contributed by atoms with E-state index in [0.29, 0.717) is 45.9 Å². The van der Waals surface area contributed by atoms with E-state index in [4.69, 9.17) is 9.47 Å². The van der Waals surface area contributed by atoms with E-state index in [0.717, 1.165) is 16.3 Å². The molecule has 1 fully saturated rings. The van der Waals surface area contributed by atoms with Gasteiger partial charge < -0.3 is 14.8 Å². The molecule has 198 valence electrons. The summed E-state index contributed by atoms with van der Waals surface area (Å²) in [5, 5.41) is 17.8. The van der Waals surface area contributed by atoms with Gasteiger partial charge in [-0.25, -0.2) is 0 Å². The Morgan fingerprint density at radius 2 is 1.85 bits per heavy atom. The Morgan fingerprint density at radius 3 is 2.64 bits per heavy atom. The molecule has 6 rings (SSSR count). The molecule has 39 heavy (non-hydrogen) atoms. The number of anilines is 1. The maximum atomic E-state index is 13.4. The lowest BCUT2D eigenvalue weighted by Crippen LogP contribution is -2.54. The first-order chi connectivity index (χ1) is 18.9. The molecule has 3 atom stereocenters. The van der Waals surface area contributed by atoms with E-state index in [9.17, 15) is 14.9 Å². The lowest BCUT2D eigenvalue weighted by atomic mass is 9.79. The third-order valence-electron chi connectivity index (χ3n) is 7.97. The van der Waals surface area contributed by atoms with Gasteiger partial charge in [-0.15, -0.1) is 0 Å². The second-order valence-electron chi connectivity index (χ2n) is 9.94. The van der Waals surface area contributed by atoms with Crippen molar-refractivity contribution < 1.29 is 19.2 Å². The van der Waals surface area contributed by atoms with Crippen molar-refractivity contribution in [1.29, 1.82) is 0 Å². The van der Waals surface area contributed by atoms with Gasteiger partial charge in [-0.05, 0) is 63.1 Å². The number of amides is 1. The van der Waals surface area contributed by atoms with E-state index < -0.39 is 17.5 Å². The van der Waals surface area contributed by atoms with Gasteiger partial charge in [0, 0.05) is 22.7 Å². The number of halogens is 1. The molecule has 4 aromatic carbocycles. The molecule has 1 N–H and O–H groups in total. The van der Waals surface area contributed by atoms with Crippen molar-refractivity contribution in [3.63, 3.8) is 0 Å². The van der Waals surface area contributed by atoms with E-state index in [1.165, 1.54) is 0 Å². The number of hydrogen-bond acceptors (Lipinski definition) is 6. The van der Waals surface area contributed by atoms with Gasteiger partial charge in [0.25, 0.3) is 11.9 Å². The molecule has 2 aliphatic heterocycles. The van der Waals surface area contributed by atoms with Crippen LogP contribution in [0, 0.1) is 10.1 Å². The summed E-state index contributed by atoms with van der Waals surface area (Å²) in [6.07, 6.45) is 0. The Labute approximate surface area is 233 Å². The number of carbonyl (C=O) groups excluding carboxylic acids is 1. The Hall–Kier alpha value is -3.95. The molecule has 9 heteroatoms. The summed E-state index contributed by atoms with van der Waals surface area (Å²) in [6.45, 7) is 0.638. The molecule has 1 saturated heterocycles. The van der Waals surface area contributed by atoms with Gasteiger partial charge in [-0.2, -0.15) is 0 Å². The number of hydrogen-bond donors (Lipinski definition) is 1. The summed E-state index contributed by atoms with van der Waals surface area (Å²) >= 11 is 3.63. The topological polar surface area (TPSA) is 93.9 Å². The molecule has 0 radical (unpaired) electrons. The molecular formula is C30H26BrN3O5. The zero-order valence-corrected chi connectivity index (χ0v) is 23.0. The van der Waals surface area contributed by atoms with Crippen LogP contribution in [0.25, 0.3) is 10.8 Å². The number of ether oxygens (including phenoxy) is 2. The first-order valence-electron chi connectivity index (χ1n) is 12.6. The fourth-order valence-corrected chi connectivity index (χ4v) is 6.82. The Bertz CT molecular complexity index is 1620. The summed E-state index contributed by atoms with van der Waals surface area (Å²) in [5.41, 5.74) is 1.55. The normalized spacial score (nSPS) is 22.2. The predicted octanol–water partition coefficient (Wildman–Crippen LogP) is 5.71. The van der Waals surface area contributed by atoms with Gasteiger partial charge in [0.1, 0.15) is 6.61 Å². The molecule has 2 aliphatic rings. The van der Waals surface area contributed by atoms with Crippen molar-refractivity contribution >= 4 is 38.3 Å². The number of benzene rings is 4. The van der Waals surface area contributed by atoms with E-state index in [2.05, 4.69) is 39.4 Å². The van der Waals surface area contributed by atoms with Crippen LogP contribution in [-0.4, -0.2) is 42.5 Å². The summed E-state index contributed by atoms with van der Waals surface area (Å²) in [5.74, 6) is 0.0224. The summed E-state index contributed by atoms with van der Waals surface area (Å²) < 4.78 is 12.6. The van der Waals surface area contributed by atoms with Gasteiger partial charge in [-0.3, -0.25) is 19.8 Å². The number of rotatable bonds is 6. The minimum atomic E-state index is -1.41. The second kappa shape index (κ2) is 9.66. The zero-order valence-electron chi connectivity index (χ0n) is 21.4. The molecule has 1 spiro atoms. The maximum Gasteiger partial charge on any atom is 0.256 e. The lowest BCUT2D eigenvalue weighted by Gasteiger charge is -2.30. The number of nitrogens with one attached hydrogen (secondary N) is 1. The highest BCUT2D eigenvalue weighted by atomic mass is 79.9. The first-order valence-corrected chi connectivity index (χ1v) is 13.4. The molecule has 0 unspecified atom stereocenters. The van der Waals surface area contributed by atoms with Crippen LogP contribution >= 0.6 is 15.9 Å². The Morgan fingerprint density at radius 1 is 1.10 bits per heavy atom. The summed E-state index contributed by atoms with van der Waals surface area (Å²) in [7, 11) is 3.32. The first kappa shape index (κ1) is 25.3. The fraction of sp³-hybridized carbons (Fsp3) is 0.233. The largest absolute Gasteiger partial charge is 0.493 e. The van der Waals surface area contributed by atoms with Gasteiger partial charge in [0.15, 0.2) is 17.0 Å². The maximum absolute atomic E-state index is 13.4. The highest BCUT2D eigenvalue weighted by molar-refractivity contribution is 9.10. The molecule has 8 nitrogen and oxygen atoms in total. The molecule has 0 aromatic heterocycles. The van der Waals surface area contributed by atoms with Crippen LogP contribution in [0.3, 0.4) is 0 Å². The summed E-state index contributed by atoms with van der Waals surface area (Å²) in [6, 6.07) is 23.8. The quantitative estimate of drug-likeness (QED) is 0.229. The van der Waals surface area contributed by atoms with Crippen LogP contribution in [-0.2, 0) is 16.9 Å². The molecule has 2 heterocycles. The Kier molecular flexibility index (Phi) is 6.28. The van der Waals surface area contributed by atoms with Crippen LogP contribution in [0.5, 0.6) is 11.5 Å². The number of para-hydroxylation sites is 1. The SMILES string of the molecule is COc1cc([C@@H]2CN(C)[C@@]3(C(=O)Nc4ccccc43)[C@@H]2[N+](=O)[O-])cc(Br)c1OCc1cccc2ccccc12. The number of likely N-dealkylation sites (N-methyl/N-ethyl adjacent to an activating group) is 1. The third-order valence-corrected chi connectivity index (χ3v) is 8.56. The molecule has 4 aromatic rings. The average molecular weight is 588 g/mol. The lowest BCUT2D eigenvalue weighted by molar-refractivity contribution is -0.534. The van der Waals surface area contributed by atoms with Crippen LogP contribution < -0.4 is 14.8 Å².